The molecule has 1 amide bonds. The molecule has 0 atom stereocenters. The van der Waals surface area contributed by atoms with Gasteiger partial charge in [0.2, 0.25) is 0 Å². The second-order valence-corrected chi connectivity index (χ2v) is 8.22. The molecule has 5 heteroatoms. The number of aromatic nitrogens is 2. The van der Waals surface area contributed by atoms with Crippen LogP contribution in [-0.4, -0.2) is 22.0 Å². The molecule has 0 aliphatic carbocycles. The van der Waals surface area contributed by atoms with Crippen LogP contribution in [0, 0.1) is 0 Å². The average molecular weight is 412 g/mol. The lowest BCUT2D eigenvalue weighted by molar-refractivity contribution is 0.0958. The van der Waals surface area contributed by atoms with E-state index < -0.39 is 0 Å². The van der Waals surface area contributed by atoms with Gasteiger partial charge in [-0.25, -0.2) is 4.98 Å². The third-order valence-electron chi connectivity index (χ3n) is 5.27. The molecular formula is C25H21N3OS. The van der Waals surface area contributed by atoms with E-state index in [1.54, 1.807) is 0 Å². The molecular weight excluding hydrogens is 390 g/mol. The lowest BCUT2D eigenvalue weighted by atomic mass is 10.1. The molecule has 0 unspecified atom stereocenters. The number of hydrogen-bond donors (Lipinski definition) is 1. The molecule has 3 aromatic carbocycles. The Bertz CT molecular complexity index is 1320. The Hall–Kier alpha value is -3.44. The molecule has 0 fully saturated rings. The highest BCUT2D eigenvalue weighted by molar-refractivity contribution is 7.12. The standard InChI is InChI=1S/C25H21N3OS/c29-25(23-10-5-15-30-23)26-14-13-24-27-21-8-3-4-9-22(21)28(24)17-18-11-12-19-6-1-2-7-20(19)16-18/h1-12,15-16H,13-14,17H2,(H,26,29). The fourth-order valence-corrected chi connectivity index (χ4v) is 4.44. The molecule has 0 saturated carbocycles. The quantitative estimate of drug-likeness (QED) is 0.414. The summed E-state index contributed by atoms with van der Waals surface area (Å²) in [6.07, 6.45) is 0.680. The number of nitrogens with zero attached hydrogens (tertiary/aromatic N) is 2. The van der Waals surface area contributed by atoms with Crippen molar-refractivity contribution in [2.24, 2.45) is 0 Å². The van der Waals surface area contributed by atoms with E-state index in [4.69, 9.17) is 4.98 Å². The lowest BCUT2D eigenvalue weighted by Crippen LogP contribution is -2.25. The summed E-state index contributed by atoms with van der Waals surface area (Å²) in [6.45, 7) is 1.30. The first-order chi connectivity index (χ1) is 14.8. The van der Waals surface area contributed by atoms with Gasteiger partial charge in [0.1, 0.15) is 5.82 Å². The maximum atomic E-state index is 12.2. The van der Waals surface area contributed by atoms with Gasteiger partial charge in [-0.05, 0) is 46.0 Å². The summed E-state index contributed by atoms with van der Waals surface area (Å²) in [7, 11) is 0. The van der Waals surface area contributed by atoms with Crippen LogP contribution in [0.1, 0.15) is 21.1 Å². The second-order valence-electron chi connectivity index (χ2n) is 7.27. The number of carbonyl (C=O) groups is 1. The number of fused-ring (bicyclic) bond motifs is 2. The van der Waals surface area contributed by atoms with Crippen molar-refractivity contribution in [1.82, 2.24) is 14.9 Å². The lowest BCUT2D eigenvalue weighted by Gasteiger charge is -2.11. The van der Waals surface area contributed by atoms with Crippen molar-refractivity contribution in [2.75, 3.05) is 6.54 Å². The van der Waals surface area contributed by atoms with E-state index in [1.807, 2.05) is 35.7 Å². The van der Waals surface area contributed by atoms with Gasteiger partial charge in [0.15, 0.2) is 0 Å². The Kier molecular flexibility index (Phi) is 5.03. The van der Waals surface area contributed by atoms with Gasteiger partial charge in [-0.15, -0.1) is 11.3 Å². The number of benzene rings is 3. The first kappa shape index (κ1) is 18.6. The van der Waals surface area contributed by atoms with Crippen LogP contribution >= 0.6 is 11.3 Å². The number of rotatable bonds is 6. The van der Waals surface area contributed by atoms with Crippen LogP contribution in [0.5, 0.6) is 0 Å². The van der Waals surface area contributed by atoms with E-state index in [-0.39, 0.29) is 5.91 Å². The van der Waals surface area contributed by atoms with Crippen molar-refractivity contribution in [2.45, 2.75) is 13.0 Å². The summed E-state index contributed by atoms with van der Waals surface area (Å²) in [5.41, 5.74) is 3.34. The van der Waals surface area contributed by atoms with Crippen molar-refractivity contribution in [3.05, 3.63) is 101 Å². The molecule has 0 bridgehead atoms. The molecule has 0 spiro atoms. The van der Waals surface area contributed by atoms with E-state index in [2.05, 4.69) is 58.4 Å². The molecule has 5 aromatic rings. The first-order valence-corrected chi connectivity index (χ1v) is 10.9. The molecule has 5 rings (SSSR count). The number of thiophene rings is 1. The smallest absolute Gasteiger partial charge is 0.261 e. The minimum absolute atomic E-state index is 0.0257. The predicted molar refractivity (Wildman–Crippen MR) is 123 cm³/mol. The zero-order valence-electron chi connectivity index (χ0n) is 16.4. The molecule has 4 nitrogen and oxygen atoms in total. The zero-order chi connectivity index (χ0) is 20.3. The largest absolute Gasteiger partial charge is 0.351 e. The number of carbonyl (C=O) groups excluding carboxylic acids is 1. The van der Waals surface area contributed by atoms with E-state index in [9.17, 15) is 4.79 Å². The minimum atomic E-state index is -0.0257. The molecule has 0 radical (unpaired) electrons. The van der Waals surface area contributed by atoms with Crippen LogP contribution in [0.15, 0.2) is 84.2 Å². The Morgan fingerprint density at radius 1 is 0.933 bits per heavy atom. The number of hydrogen-bond acceptors (Lipinski definition) is 3. The number of para-hydroxylation sites is 2. The van der Waals surface area contributed by atoms with Crippen LogP contribution in [-0.2, 0) is 13.0 Å². The minimum Gasteiger partial charge on any atom is -0.351 e. The van der Waals surface area contributed by atoms with E-state index >= 15 is 0 Å². The van der Waals surface area contributed by atoms with Crippen LogP contribution in [0.3, 0.4) is 0 Å². The van der Waals surface area contributed by atoms with Crippen molar-refractivity contribution < 1.29 is 4.79 Å². The number of amides is 1. The van der Waals surface area contributed by atoms with Crippen molar-refractivity contribution in [1.29, 1.82) is 0 Å². The van der Waals surface area contributed by atoms with E-state index in [0.717, 1.165) is 28.3 Å². The van der Waals surface area contributed by atoms with E-state index in [0.29, 0.717) is 13.0 Å². The molecule has 2 aromatic heterocycles. The molecule has 0 saturated heterocycles. The third kappa shape index (κ3) is 3.72. The average Bonchev–Trinajstić information content (AvgIpc) is 3.43. The molecule has 0 aliphatic rings. The molecule has 30 heavy (non-hydrogen) atoms. The van der Waals surface area contributed by atoms with E-state index in [1.165, 1.54) is 27.7 Å². The normalized spacial score (nSPS) is 11.2. The molecule has 1 N–H and O–H groups in total. The zero-order valence-corrected chi connectivity index (χ0v) is 17.2. The summed E-state index contributed by atoms with van der Waals surface area (Å²) in [5, 5.41) is 7.41. The highest BCUT2D eigenvalue weighted by atomic mass is 32.1. The van der Waals surface area contributed by atoms with Gasteiger partial charge in [0, 0.05) is 19.5 Å². The molecule has 2 heterocycles. The number of nitrogens with one attached hydrogen (secondary N) is 1. The maximum absolute atomic E-state index is 12.2. The van der Waals surface area contributed by atoms with Gasteiger partial charge in [0.25, 0.3) is 5.91 Å². The van der Waals surface area contributed by atoms with Gasteiger partial charge in [-0.1, -0.05) is 54.6 Å². The number of imidazole rings is 1. The summed E-state index contributed by atoms with van der Waals surface area (Å²) in [6, 6.07) is 26.9. The molecule has 148 valence electrons. The van der Waals surface area contributed by atoms with Gasteiger partial charge < -0.3 is 9.88 Å². The Balaban J connectivity index is 1.40. The molecule has 0 aliphatic heterocycles. The maximum Gasteiger partial charge on any atom is 0.261 e. The topological polar surface area (TPSA) is 46.9 Å². The van der Waals surface area contributed by atoms with Crippen LogP contribution in [0.4, 0.5) is 0 Å². The van der Waals surface area contributed by atoms with Gasteiger partial charge in [0.05, 0.1) is 15.9 Å². The van der Waals surface area contributed by atoms with Gasteiger partial charge in [-0.2, -0.15) is 0 Å². The fourth-order valence-electron chi connectivity index (χ4n) is 3.80. The Labute approximate surface area is 178 Å². The third-order valence-corrected chi connectivity index (χ3v) is 6.14. The summed E-state index contributed by atoms with van der Waals surface area (Å²) in [5.74, 6) is 0.957. The highest BCUT2D eigenvalue weighted by Crippen LogP contribution is 2.21. The predicted octanol–water partition coefficient (Wildman–Crippen LogP) is 5.27. The second kappa shape index (κ2) is 8.13. The van der Waals surface area contributed by atoms with Gasteiger partial charge >= 0.3 is 0 Å². The van der Waals surface area contributed by atoms with Crippen molar-refractivity contribution >= 4 is 39.0 Å². The van der Waals surface area contributed by atoms with Crippen molar-refractivity contribution in [3.63, 3.8) is 0 Å². The Morgan fingerprint density at radius 3 is 2.63 bits per heavy atom. The Morgan fingerprint density at radius 2 is 1.77 bits per heavy atom. The van der Waals surface area contributed by atoms with Crippen LogP contribution in [0.25, 0.3) is 21.8 Å². The summed E-state index contributed by atoms with van der Waals surface area (Å²) >= 11 is 1.45. The first-order valence-electron chi connectivity index (χ1n) is 10.0. The van der Waals surface area contributed by atoms with Crippen molar-refractivity contribution in [3.8, 4) is 0 Å². The van der Waals surface area contributed by atoms with Crippen LogP contribution < -0.4 is 5.32 Å². The van der Waals surface area contributed by atoms with Crippen LogP contribution in [0.2, 0.25) is 0 Å². The highest BCUT2D eigenvalue weighted by Gasteiger charge is 2.12. The summed E-state index contributed by atoms with van der Waals surface area (Å²) < 4.78 is 2.26. The SMILES string of the molecule is O=C(NCCc1nc2ccccc2n1Cc1ccc2ccccc2c1)c1cccs1. The fraction of sp³-hybridized carbons (Fsp3) is 0.120. The monoisotopic (exact) mass is 411 g/mol. The van der Waals surface area contributed by atoms with Gasteiger partial charge in [-0.3, -0.25) is 4.79 Å². The summed E-state index contributed by atoms with van der Waals surface area (Å²) in [4.78, 5) is 17.8.